The Morgan fingerprint density at radius 1 is 1.33 bits per heavy atom. The van der Waals surface area contributed by atoms with E-state index in [1.165, 1.54) is 12.1 Å². The van der Waals surface area contributed by atoms with Crippen LogP contribution in [0.5, 0.6) is 0 Å². The van der Waals surface area contributed by atoms with Crippen molar-refractivity contribution in [3.05, 3.63) is 58.2 Å². The Labute approximate surface area is 134 Å². The van der Waals surface area contributed by atoms with Crippen LogP contribution in [-0.4, -0.2) is 14.5 Å². The first-order chi connectivity index (χ1) is 10.0. The molecule has 0 N–H and O–H groups in total. The van der Waals surface area contributed by atoms with Gasteiger partial charge < -0.3 is 4.57 Å². The van der Waals surface area contributed by atoms with E-state index >= 15 is 0 Å². The van der Waals surface area contributed by atoms with Crippen LogP contribution in [0.1, 0.15) is 23.7 Å². The first kappa shape index (κ1) is 14.5. The lowest BCUT2D eigenvalue weighted by molar-refractivity contribution is 0.626. The molecule has 0 fully saturated rings. The fourth-order valence-electron chi connectivity index (χ4n) is 2.24. The van der Waals surface area contributed by atoms with E-state index in [0.29, 0.717) is 6.54 Å². The molecule has 0 spiro atoms. The van der Waals surface area contributed by atoms with Crippen molar-refractivity contribution in [2.75, 3.05) is 0 Å². The predicted molar refractivity (Wildman–Crippen MR) is 85.0 cm³/mol. The lowest BCUT2D eigenvalue weighted by Gasteiger charge is -2.10. The summed E-state index contributed by atoms with van der Waals surface area (Å²) in [6, 6.07) is 8.31. The van der Waals surface area contributed by atoms with E-state index in [0.717, 1.165) is 27.0 Å². The molecule has 0 bridgehead atoms. The molecule has 3 aromatic rings. The minimum absolute atomic E-state index is 0.238. The Morgan fingerprint density at radius 3 is 2.71 bits per heavy atom. The maximum Gasteiger partial charge on any atom is 0.160 e. The number of benzene rings is 1. The van der Waals surface area contributed by atoms with E-state index in [4.69, 9.17) is 11.6 Å². The van der Waals surface area contributed by atoms with E-state index in [2.05, 4.69) is 25.9 Å². The summed E-state index contributed by atoms with van der Waals surface area (Å²) in [6.07, 6.45) is 1.73. The van der Waals surface area contributed by atoms with Crippen molar-refractivity contribution >= 4 is 38.7 Å². The number of alkyl halides is 1. The van der Waals surface area contributed by atoms with Crippen molar-refractivity contribution in [1.29, 1.82) is 0 Å². The highest BCUT2D eigenvalue weighted by Gasteiger charge is 2.16. The van der Waals surface area contributed by atoms with Crippen molar-refractivity contribution in [1.82, 2.24) is 14.5 Å². The van der Waals surface area contributed by atoms with Crippen LogP contribution in [0.3, 0.4) is 0 Å². The van der Waals surface area contributed by atoms with Crippen molar-refractivity contribution in [3.8, 4) is 0 Å². The van der Waals surface area contributed by atoms with E-state index in [1.54, 1.807) is 18.3 Å². The fraction of sp³-hybridized carbons (Fsp3) is 0.200. The maximum absolute atomic E-state index is 13.0. The third kappa shape index (κ3) is 2.94. The molecule has 0 aliphatic carbocycles. The Morgan fingerprint density at radius 2 is 2.05 bits per heavy atom. The van der Waals surface area contributed by atoms with Gasteiger partial charge in [-0.2, -0.15) is 0 Å². The third-order valence-electron chi connectivity index (χ3n) is 3.19. The Balaban J connectivity index is 2.10. The minimum atomic E-state index is -0.248. The summed E-state index contributed by atoms with van der Waals surface area (Å²) in [4.78, 5) is 8.97. The number of pyridine rings is 1. The van der Waals surface area contributed by atoms with Crippen LogP contribution in [0, 0.1) is 5.82 Å². The van der Waals surface area contributed by atoms with E-state index in [-0.39, 0.29) is 11.2 Å². The topological polar surface area (TPSA) is 30.7 Å². The summed E-state index contributed by atoms with van der Waals surface area (Å²) < 4.78 is 15.8. The second-order valence-electron chi connectivity index (χ2n) is 4.79. The van der Waals surface area contributed by atoms with Crippen LogP contribution in [0.25, 0.3) is 11.2 Å². The lowest BCUT2D eigenvalue weighted by Crippen LogP contribution is -2.06. The number of aromatic nitrogens is 3. The Kier molecular flexibility index (Phi) is 3.95. The molecule has 2 aromatic heterocycles. The SMILES string of the molecule is CC(Cl)c1nc2cc(Br)cnc2n1Cc1ccc(F)cc1. The highest BCUT2D eigenvalue weighted by atomic mass is 79.9. The number of halogens is 3. The van der Waals surface area contributed by atoms with Gasteiger partial charge in [-0.3, -0.25) is 0 Å². The fourth-order valence-corrected chi connectivity index (χ4v) is 2.72. The quantitative estimate of drug-likeness (QED) is 0.628. The molecule has 108 valence electrons. The molecule has 0 aliphatic rings. The summed E-state index contributed by atoms with van der Waals surface area (Å²) in [6.45, 7) is 2.43. The predicted octanol–water partition coefficient (Wildman–Crippen LogP) is 4.68. The molecular formula is C15H12BrClFN3. The lowest BCUT2D eigenvalue weighted by atomic mass is 10.2. The first-order valence-corrected chi connectivity index (χ1v) is 7.68. The number of fused-ring (bicyclic) bond motifs is 1. The van der Waals surface area contributed by atoms with Gasteiger partial charge in [0, 0.05) is 10.7 Å². The van der Waals surface area contributed by atoms with Crippen molar-refractivity contribution in [2.24, 2.45) is 0 Å². The summed E-state index contributed by atoms with van der Waals surface area (Å²) >= 11 is 9.62. The summed E-state index contributed by atoms with van der Waals surface area (Å²) in [5.74, 6) is 0.504. The molecule has 1 aromatic carbocycles. The highest BCUT2D eigenvalue weighted by molar-refractivity contribution is 9.10. The van der Waals surface area contributed by atoms with E-state index in [1.807, 2.05) is 17.6 Å². The van der Waals surface area contributed by atoms with Crippen molar-refractivity contribution < 1.29 is 4.39 Å². The first-order valence-electron chi connectivity index (χ1n) is 6.45. The van der Waals surface area contributed by atoms with E-state index in [9.17, 15) is 4.39 Å². The van der Waals surface area contributed by atoms with Crippen LogP contribution >= 0.6 is 27.5 Å². The number of rotatable bonds is 3. The molecule has 6 heteroatoms. The number of hydrogen-bond donors (Lipinski definition) is 0. The number of imidazole rings is 1. The van der Waals surface area contributed by atoms with Gasteiger partial charge in [-0.1, -0.05) is 12.1 Å². The average molecular weight is 369 g/mol. The van der Waals surface area contributed by atoms with E-state index < -0.39 is 0 Å². The largest absolute Gasteiger partial charge is 0.307 e. The molecule has 0 saturated carbocycles. The molecule has 3 nitrogen and oxygen atoms in total. The molecular weight excluding hydrogens is 357 g/mol. The smallest absolute Gasteiger partial charge is 0.160 e. The van der Waals surface area contributed by atoms with Gasteiger partial charge in [-0.05, 0) is 46.6 Å². The van der Waals surface area contributed by atoms with Gasteiger partial charge in [0.05, 0.1) is 11.9 Å². The Hall–Kier alpha value is -1.46. The molecule has 0 amide bonds. The van der Waals surface area contributed by atoms with Crippen LogP contribution in [0.2, 0.25) is 0 Å². The van der Waals surface area contributed by atoms with Crippen LogP contribution in [0.4, 0.5) is 4.39 Å². The van der Waals surface area contributed by atoms with Gasteiger partial charge in [-0.15, -0.1) is 11.6 Å². The minimum Gasteiger partial charge on any atom is -0.307 e. The van der Waals surface area contributed by atoms with Crippen molar-refractivity contribution in [2.45, 2.75) is 18.8 Å². The zero-order valence-electron chi connectivity index (χ0n) is 11.2. The molecule has 1 unspecified atom stereocenters. The molecule has 0 saturated heterocycles. The summed E-state index contributed by atoms with van der Waals surface area (Å²) in [5.41, 5.74) is 2.53. The van der Waals surface area contributed by atoms with Gasteiger partial charge in [0.2, 0.25) is 0 Å². The number of hydrogen-bond acceptors (Lipinski definition) is 2. The zero-order chi connectivity index (χ0) is 15.0. The van der Waals surface area contributed by atoms with Crippen molar-refractivity contribution in [3.63, 3.8) is 0 Å². The van der Waals surface area contributed by atoms with Crippen LogP contribution < -0.4 is 0 Å². The van der Waals surface area contributed by atoms with Crippen LogP contribution in [-0.2, 0) is 6.54 Å². The molecule has 0 aliphatic heterocycles. The molecule has 0 radical (unpaired) electrons. The normalized spacial score (nSPS) is 12.8. The van der Waals surface area contributed by atoms with Gasteiger partial charge in [-0.25, -0.2) is 14.4 Å². The van der Waals surface area contributed by atoms with Gasteiger partial charge in [0.15, 0.2) is 5.65 Å². The summed E-state index contributed by atoms with van der Waals surface area (Å²) in [5, 5.41) is -0.238. The maximum atomic E-state index is 13.0. The summed E-state index contributed by atoms with van der Waals surface area (Å²) in [7, 11) is 0. The van der Waals surface area contributed by atoms with Gasteiger partial charge in [0.25, 0.3) is 0 Å². The standard InChI is InChI=1S/C15H12BrClFN3/c1-9(17)14-20-13-6-11(16)7-19-15(13)21(14)8-10-2-4-12(18)5-3-10/h2-7,9H,8H2,1H3. The average Bonchev–Trinajstić information content (AvgIpc) is 2.79. The van der Waals surface area contributed by atoms with Crippen LogP contribution in [0.15, 0.2) is 41.0 Å². The molecule has 1 atom stereocenters. The molecule has 21 heavy (non-hydrogen) atoms. The Bertz CT molecular complexity index is 783. The zero-order valence-corrected chi connectivity index (χ0v) is 13.6. The monoisotopic (exact) mass is 367 g/mol. The number of nitrogens with zero attached hydrogens (tertiary/aromatic N) is 3. The van der Waals surface area contributed by atoms with Gasteiger partial charge in [0.1, 0.15) is 17.2 Å². The van der Waals surface area contributed by atoms with Gasteiger partial charge >= 0.3 is 0 Å². The third-order valence-corrected chi connectivity index (χ3v) is 3.82. The highest BCUT2D eigenvalue weighted by Crippen LogP contribution is 2.26. The molecule has 2 heterocycles. The second-order valence-corrected chi connectivity index (χ2v) is 6.37. The second kappa shape index (κ2) is 5.73. The molecule has 3 rings (SSSR count).